The van der Waals surface area contributed by atoms with Gasteiger partial charge in [-0.1, -0.05) is 6.07 Å². The number of aromatic nitrogens is 2. The molecule has 1 aromatic heterocycles. The molecule has 6 heteroatoms. The van der Waals surface area contributed by atoms with Crippen LogP contribution < -0.4 is 10.2 Å². The van der Waals surface area contributed by atoms with Gasteiger partial charge in [-0.15, -0.1) is 0 Å². The maximum absolute atomic E-state index is 5.80. The second kappa shape index (κ2) is 6.61. The van der Waals surface area contributed by atoms with Crippen molar-refractivity contribution >= 4 is 17.3 Å². The molecule has 3 heterocycles. The van der Waals surface area contributed by atoms with Gasteiger partial charge in [-0.3, -0.25) is 0 Å². The Hall–Kier alpha value is -2.18. The van der Waals surface area contributed by atoms with Crippen molar-refractivity contribution in [2.24, 2.45) is 0 Å². The van der Waals surface area contributed by atoms with E-state index in [4.69, 9.17) is 9.47 Å². The maximum Gasteiger partial charge on any atom is 0.171 e. The molecule has 4 rings (SSSR count). The highest BCUT2D eigenvalue weighted by Crippen LogP contribution is 2.33. The van der Waals surface area contributed by atoms with Gasteiger partial charge in [-0.2, -0.15) is 0 Å². The Labute approximate surface area is 148 Å². The summed E-state index contributed by atoms with van der Waals surface area (Å²) in [5.41, 5.74) is 3.51. The number of nitrogens with zero attached hydrogens (tertiary/aromatic N) is 3. The Morgan fingerprint density at radius 1 is 0.960 bits per heavy atom. The highest BCUT2D eigenvalue weighted by atomic mass is 16.7. The van der Waals surface area contributed by atoms with Crippen molar-refractivity contribution in [1.29, 1.82) is 0 Å². The van der Waals surface area contributed by atoms with Gasteiger partial charge in [-0.25, -0.2) is 9.97 Å². The van der Waals surface area contributed by atoms with E-state index in [2.05, 4.69) is 52.2 Å². The molecule has 0 atom stereocenters. The minimum atomic E-state index is -0.357. The Balaban J connectivity index is 1.46. The van der Waals surface area contributed by atoms with Crippen LogP contribution in [0.4, 0.5) is 17.3 Å². The zero-order valence-electron chi connectivity index (χ0n) is 14.8. The van der Waals surface area contributed by atoms with E-state index in [-0.39, 0.29) is 5.79 Å². The van der Waals surface area contributed by atoms with Gasteiger partial charge in [0.1, 0.15) is 18.0 Å². The number of nitrogens with one attached hydrogen (secondary N) is 1. The normalized spacial score (nSPS) is 19.4. The Kier molecular flexibility index (Phi) is 4.31. The van der Waals surface area contributed by atoms with Crippen LogP contribution in [0.1, 0.15) is 24.0 Å². The lowest BCUT2D eigenvalue weighted by molar-refractivity contribution is -0.169. The summed E-state index contributed by atoms with van der Waals surface area (Å²) in [5, 5.41) is 3.39. The highest BCUT2D eigenvalue weighted by molar-refractivity contribution is 5.61. The second-order valence-electron chi connectivity index (χ2n) is 6.86. The lowest BCUT2D eigenvalue weighted by Crippen LogP contribution is -2.45. The van der Waals surface area contributed by atoms with Gasteiger partial charge >= 0.3 is 0 Å². The Morgan fingerprint density at radius 2 is 1.64 bits per heavy atom. The van der Waals surface area contributed by atoms with E-state index in [0.29, 0.717) is 13.2 Å². The number of rotatable bonds is 3. The molecule has 0 amide bonds. The molecule has 0 aliphatic carbocycles. The molecule has 2 saturated heterocycles. The molecule has 2 aliphatic heterocycles. The molecule has 1 spiro atoms. The quantitative estimate of drug-likeness (QED) is 0.926. The first kappa shape index (κ1) is 16.3. The monoisotopic (exact) mass is 340 g/mol. The number of benzene rings is 1. The van der Waals surface area contributed by atoms with Gasteiger partial charge in [0.15, 0.2) is 5.79 Å². The number of hydrogen-bond donors (Lipinski definition) is 1. The number of ether oxygens (including phenoxy) is 2. The van der Waals surface area contributed by atoms with E-state index in [9.17, 15) is 0 Å². The van der Waals surface area contributed by atoms with Crippen molar-refractivity contribution in [3.8, 4) is 0 Å². The van der Waals surface area contributed by atoms with Gasteiger partial charge in [0, 0.05) is 37.7 Å². The van der Waals surface area contributed by atoms with Crippen LogP contribution in [0.15, 0.2) is 30.6 Å². The fraction of sp³-hybridized carbons (Fsp3) is 0.474. The zero-order chi connectivity index (χ0) is 17.3. The Morgan fingerprint density at radius 3 is 2.32 bits per heavy atom. The van der Waals surface area contributed by atoms with Crippen molar-refractivity contribution in [1.82, 2.24) is 9.97 Å². The van der Waals surface area contributed by atoms with Gasteiger partial charge < -0.3 is 19.7 Å². The average Bonchev–Trinajstić information content (AvgIpc) is 3.03. The summed E-state index contributed by atoms with van der Waals surface area (Å²) in [6.45, 7) is 7.36. The van der Waals surface area contributed by atoms with Crippen LogP contribution in [0, 0.1) is 13.8 Å². The van der Waals surface area contributed by atoms with E-state index in [1.54, 1.807) is 6.33 Å². The molecule has 0 bridgehead atoms. The number of piperidine rings is 1. The van der Waals surface area contributed by atoms with E-state index in [1.165, 1.54) is 11.1 Å². The van der Waals surface area contributed by atoms with Gasteiger partial charge in [-0.05, 0) is 37.1 Å². The SMILES string of the molecule is Cc1cc(C)cc(Nc2cc(N3CCC4(CC3)OCCO4)ncn2)c1. The lowest BCUT2D eigenvalue weighted by Gasteiger charge is -2.38. The van der Waals surface area contributed by atoms with E-state index < -0.39 is 0 Å². The predicted molar refractivity (Wildman–Crippen MR) is 97.3 cm³/mol. The summed E-state index contributed by atoms with van der Waals surface area (Å²) in [4.78, 5) is 11.1. The molecule has 1 N–H and O–H groups in total. The van der Waals surface area contributed by atoms with Crippen LogP contribution in [0.2, 0.25) is 0 Å². The van der Waals surface area contributed by atoms with Crippen LogP contribution >= 0.6 is 0 Å². The second-order valence-corrected chi connectivity index (χ2v) is 6.86. The van der Waals surface area contributed by atoms with Gasteiger partial charge in [0.05, 0.1) is 13.2 Å². The first-order chi connectivity index (χ1) is 12.1. The summed E-state index contributed by atoms with van der Waals surface area (Å²) >= 11 is 0. The maximum atomic E-state index is 5.80. The van der Waals surface area contributed by atoms with Crippen molar-refractivity contribution in [2.45, 2.75) is 32.5 Å². The smallest absolute Gasteiger partial charge is 0.171 e. The number of anilines is 3. The molecule has 0 saturated carbocycles. The van der Waals surface area contributed by atoms with Crippen molar-refractivity contribution in [2.75, 3.05) is 36.5 Å². The third kappa shape index (κ3) is 3.60. The summed E-state index contributed by atoms with van der Waals surface area (Å²) in [5.74, 6) is 1.39. The fourth-order valence-corrected chi connectivity index (χ4v) is 3.65. The average molecular weight is 340 g/mol. The molecule has 132 valence electrons. The lowest BCUT2D eigenvalue weighted by atomic mass is 10.0. The topological polar surface area (TPSA) is 59.5 Å². The summed E-state index contributed by atoms with van der Waals surface area (Å²) in [6.07, 6.45) is 3.36. The molecule has 2 aliphatic rings. The zero-order valence-corrected chi connectivity index (χ0v) is 14.8. The first-order valence-corrected chi connectivity index (χ1v) is 8.82. The minimum absolute atomic E-state index is 0.357. The molecule has 1 aromatic carbocycles. The van der Waals surface area contributed by atoms with Gasteiger partial charge in [0.25, 0.3) is 0 Å². The molecular formula is C19H24N4O2. The van der Waals surface area contributed by atoms with Crippen LogP contribution in [0.25, 0.3) is 0 Å². The van der Waals surface area contributed by atoms with Crippen molar-refractivity contribution < 1.29 is 9.47 Å². The molecule has 25 heavy (non-hydrogen) atoms. The van der Waals surface area contributed by atoms with Crippen LogP contribution in [0.5, 0.6) is 0 Å². The standard InChI is InChI=1S/C19H24N4O2/c1-14-9-15(2)11-16(10-14)22-17-12-18(21-13-20-17)23-5-3-19(4-6-23)24-7-8-25-19/h9-13H,3-8H2,1-2H3,(H,20,21,22). The van der Waals surface area contributed by atoms with Crippen LogP contribution in [-0.4, -0.2) is 42.1 Å². The Bertz CT molecular complexity index is 729. The molecule has 0 unspecified atom stereocenters. The highest BCUT2D eigenvalue weighted by Gasteiger charge is 2.40. The minimum Gasteiger partial charge on any atom is -0.356 e. The van der Waals surface area contributed by atoms with E-state index in [0.717, 1.165) is 43.3 Å². The molecule has 0 radical (unpaired) electrons. The fourth-order valence-electron chi connectivity index (χ4n) is 3.65. The van der Waals surface area contributed by atoms with Crippen molar-refractivity contribution in [3.63, 3.8) is 0 Å². The third-order valence-corrected chi connectivity index (χ3v) is 4.81. The molecular weight excluding hydrogens is 316 g/mol. The van der Waals surface area contributed by atoms with Gasteiger partial charge in [0.2, 0.25) is 0 Å². The first-order valence-electron chi connectivity index (χ1n) is 8.82. The summed E-state index contributed by atoms with van der Waals surface area (Å²) in [7, 11) is 0. The number of hydrogen-bond acceptors (Lipinski definition) is 6. The largest absolute Gasteiger partial charge is 0.356 e. The predicted octanol–water partition coefficient (Wildman–Crippen LogP) is 3.18. The van der Waals surface area contributed by atoms with Crippen molar-refractivity contribution in [3.05, 3.63) is 41.7 Å². The van der Waals surface area contributed by atoms with Crippen LogP contribution in [-0.2, 0) is 9.47 Å². The van der Waals surface area contributed by atoms with E-state index >= 15 is 0 Å². The summed E-state index contributed by atoms with van der Waals surface area (Å²) in [6, 6.07) is 8.40. The number of aryl methyl sites for hydroxylation is 2. The molecule has 6 nitrogen and oxygen atoms in total. The van der Waals surface area contributed by atoms with E-state index in [1.807, 2.05) is 6.07 Å². The van der Waals surface area contributed by atoms with Crippen LogP contribution in [0.3, 0.4) is 0 Å². The molecule has 2 fully saturated rings. The molecule has 2 aromatic rings. The third-order valence-electron chi connectivity index (χ3n) is 4.81. The summed E-state index contributed by atoms with van der Waals surface area (Å²) < 4.78 is 11.6.